The smallest absolute Gasteiger partial charge is 0.408 e. The van der Waals surface area contributed by atoms with Crippen LogP contribution in [0.25, 0.3) is 0 Å². The van der Waals surface area contributed by atoms with Crippen molar-refractivity contribution in [2.75, 3.05) is 23.0 Å². The Balaban J connectivity index is 1.26. The quantitative estimate of drug-likeness (QED) is 0.212. The summed E-state index contributed by atoms with van der Waals surface area (Å²) in [7, 11) is 0. The molecular formula is C33H36N2O8S. The number of rotatable bonds is 11. The summed E-state index contributed by atoms with van der Waals surface area (Å²) in [6, 6.07) is 22.6. The maximum Gasteiger partial charge on any atom is 0.408 e. The molecule has 3 aromatic rings. The molecule has 5 atom stereocenters. The minimum Gasteiger partial charge on any atom is -0.445 e. The summed E-state index contributed by atoms with van der Waals surface area (Å²) in [6.45, 7) is 2.16. The van der Waals surface area contributed by atoms with E-state index in [0.29, 0.717) is 22.8 Å². The van der Waals surface area contributed by atoms with Crippen molar-refractivity contribution in [3.63, 3.8) is 0 Å². The van der Waals surface area contributed by atoms with E-state index in [1.807, 2.05) is 54.6 Å². The number of thioether (sulfide) groups is 1. The van der Waals surface area contributed by atoms with E-state index in [9.17, 15) is 24.6 Å². The van der Waals surface area contributed by atoms with Gasteiger partial charge in [0.05, 0.1) is 37.5 Å². The summed E-state index contributed by atoms with van der Waals surface area (Å²) < 4.78 is 18.0. The Morgan fingerprint density at radius 2 is 1.66 bits per heavy atom. The number of nitrogens with zero attached hydrogens (tertiary/aromatic N) is 1. The molecule has 5 rings (SSSR count). The average Bonchev–Trinajstić information content (AvgIpc) is 3.33. The van der Waals surface area contributed by atoms with Crippen LogP contribution < -0.4 is 10.2 Å². The SMILES string of the molecule is CC1C(CSCCO)OC(c2ccc(N3C(=O)CC(NC(=O)OCc4ccccc4)C3=O)cc2)OC1c1ccc(CO)cc1. The molecule has 0 radical (unpaired) electrons. The van der Waals surface area contributed by atoms with Crippen LogP contribution in [0.15, 0.2) is 78.9 Å². The maximum atomic E-state index is 13.1. The standard InChI is InChI=1S/C33H36N2O8S/c1-21-28(20-44-16-15-36)42-32(43-30(21)24-9-7-22(18-37)8-10-24)25-11-13-26(14-12-25)35-29(38)17-27(31(35)39)34-33(40)41-19-23-5-3-2-4-6-23/h2-14,21,27-28,30,32,36-37H,15-20H2,1H3,(H,34,40). The van der Waals surface area contributed by atoms with Crippen LogP contribution in [-0.4, -0.2) is 58.4 Å². The molecule has 2 heterocycles. The van der Waals surface area contributed by atoms with E-state index >= 15 is 0 Å². The highest BCUT2D eigenvalue weighted by molar-refractivity contribution is 7.99. The van der Waals surface area contributed by atoms with Crippen LogP contribution in [0.2, 0.25) is 0 Å². The van der Waals surface area contributed by atoms with E-state index in [1.165, 1.54) is 0 Å². The first-order valence-electron chi connectivity index (χ1n) is 14.5. The fourth-order valence-corrected chi connectivity index (χ4v) is 6.19. The first-order valence-corrected chi connectivity index (χ1v) is 15.7. The summed E-state index contributed by atoms with van der Waals surface area (Å²) in [6.07, 6.45) is -2.09. The summed E-state index contributed by atoms with van der Waals surface area (Å²) in [5.41, 5.74) is 3.67. The number of ether oxygens (including phenoxy) is 3. The zero-order chi connectivity index (χ0) is 31.1. The molecule has 3 amide bonds. The highest BCUT2D eigenvalue weighted by atomic mass is 32.2. The van der Waals surface area contributed by atoms with Gasteiger partial charge in [0.25, 0.3) is 5.91 Å². The molecule has 5 unspecified atom stereocenters. The van der Waals surface area contributed by atoms with Gasteiger partial charge in [-0.05, 0) is 28.8 Å². The van der Waals surface area contributed by atoms with Crippen molar-refractivity contribution < 1.29 is 38.8 Å². The zero-order valence-corrected chi connectivity index (χ0v) is 25.2. The third kappa shape index (κ3) is 7.48. The van der Waals surface area contributed by atoms with E-state index in [1.54, 1.807) is 36.0 Å². The second-order valence-electron chi connectivity index (χ2n) is 10.7. The molecule has 2 aliphatic rings. The predicted molar refractivity (Wildman–Crippen MR) is 164 cm³/mol. The maximum absolute atomic E-state index is 13.1. The van der Waals surface area contributed by atoms with Crippen LogP contribution in [0.3, 0.4) is 0 Å². The van der Waals surface area contributed by atoms with Crippen LogP contribution in [0.5, 0.6) is 0 Å². The Labute approximate surface area is 260 Å². The van der Waals surface area contributed by atoms with Crippen molar-refractivity contribution in [2.24, 2.45) is 5.92 Å². The normalized spacial score (nSPS) is 23.5. The lowest BCUT2D eigenvalue weighted by molar-refractivity contribution is -0.268. The molecule has 0 saturated carbocycles. The number of hydrogen-bond donors (Lipinski definition) is 3. The molecule has 11 heteroatoms. The molecular weight excluding hydrogens is 584 g/mol. The number of carbonyl (C=O) groups excluding carboxylic acids is 3. The lowest BCUT2D eigenvalue weighted by Crippen LogP contribution is -2.42. The Bertz CT molecular complexity index is 1420. The second kappa shape index (κ2) is 14.8. The van der Waals surface area contributed by atoms with Crippen molar-refractivity contribution in [1.82, 2.24) is 5.32 Å². The molecule has 10 nitrogen and oxygen atoms in total. The van der Waals surface area contributed by atoms with Crippen LogP contribution >= 0.6 is 11.8 Å². The number of imide groups is 1. The van der Waals surface area contributed by atoms with Gasteiger partial charge in [0.1, 0.15) is 12.6 Å². The zero-order valence-electron chi connectivity index (χ0n) is 24.3. The third-order valence-corrected chi connectivity index (χ3v) is 8.75. The van der Waals surface area contributed by atoms with Crippen LogP contribution in [0, 0.1) is 5.92 Å². The van der Waals surface area contributed by atoms with E-state index in [2.05, 4.69) is 12.2 Å². The van der Waals surface area contributed by atoms with Crippen LogP contribution in [-0.2, 0) is 37.0 Å². The molecule has 2 aliphatic heterocycles. The van der Waals surface area contributed by atoms with E-state index < -0.39 is 30.2 Å². The first-order chi connectivity index (χ1) is 21.4. The molecule has 3 N–H and O–H groups in total. The van der Waals surface area contributed by atoms with Crippen LogP contribution in [0.4, 0.5) is 10.5 Å². The Hall–Kier alpha value is -3.74. The van der Waals surface area contributed by atoms with Gasteiger partial charge in [0, 0.05) is 23.0 Å². The van der Waals surface area contributed by atoms with E-state index in [-0.39, 0.29) is 44.4 Å². The second-order valence-corrected chi connectivity index (χ2v) is 11.9. The van der Waals surface area contributed by atoms with Gasteiger partial charge in [0.15, 0.2) is 6.29 Å². The highest BCUT2D eigenvalue weighted by Gasteiger charge is 2.41. The summed E-state index contributed by atoms with van der Waals surface area (Å²) in [5.74, 6) is 0.318. The van der Waals surface area contributed by atoms with Crippen molar-refractivity contribution >= 4 is 35.4 Å². The summed E-state index contributed by atoms with van der Waals surface area (Å²) in [5, 5.41) is 21.2. The molecule has 44 heavy (non-hydrogen) atoms. The molecule has 232 valence electrons. The topological polar surface area (TPSA) is 135 Å². The van der Waals surface area contributed by atoms with Crippen molar-refractivity contribution in [1.29, 1.82) is 0 Å². The molecule has 0 spiro atoms. The van der Waals surface area contributed by atoms with Gasteiger partial charge in [0.2, 0.25) is 5.91 Å². The summed E-state index contributed by atoms with van der Waals surface area (Å²) >= 11 is 1.61. The molecule has 0 aromatic heterocycles. The first kappa shape index (κ1) is 31.7. The van der Waals surface area contributed by atoms with Gasteiger partial charge in [-0.25, -0.2) is 9.69 Å². The van der Waals surface area contributed by atoms with Crippen molar-refractivity contribution in [2.45, 2.75) is 51.1 Å². The number of aliphatic hydroxyl groups is 2. The number of amides is 3. The number of nitrogens with one attached hydrogen (secondary N) is 1. The van der Waals surface area contributed by atoms with Gasteiger partial charge < -0.3 is 29.7 Å². The Morgan fingerprint density at radius 1 is 0.955 bits per heavy atom. The van der Waals surface area contributed by atoms with Gasteiger partial charge in [-0.3, -0.25) is 9.59 Å². The van der Waals surface area contributed by atoms with Gasteiger partial charge in [-0.1, -0.05) is 73.7 Å². The lowest BCUT2D eigenvalue weighted by Gasteiger charge is -2.41. The van der Waals surface area contributed by atoms with Gasteiger partial charge in [-0.2, -0.15) is 11.8 Å². The highest BCUT2D eigenvalue weighted by Crippen LogP contribution is 2.42. The van der Waals surface area contributed by atoms with Gasteiger partial charge in [-0.15, -0.1) is 0 Å². The van der Waals surface area contributed by atoms with E-state index in [0.717, 1.165) is 21.6 Å². The van der Waals surface area contributed by atoms with Crippen molar-refractivity contribution in [3.05, 3.63) is 101 Å². The number of carbonyl (C=O) groups is 3. The average molecular weight is 621 g/mol. The monoisotopic (exact) mass is 620 g/mol. The fraction of sp³-hybridized carbons (Fsp3) is 0.364. The number of benzene rings is 3. The van der Waals surface area contributed by atoms with Crippen molar-refractivity contribution in [3.8, 4) is 0 Å². The molecule has 3 aromatic carbocycles. The molecule has 2 saturated heterocycles. The lowest BCUT2D eigenvalue weighted by atomic mass is 9.91. The molecule has 2 fully saturated rings. The largest absolute Gasteiger partial charge is 0.445 e. The third-order valence-electron chi connectivity index (χ3n) is 7.72. The number of alkyl carbamates (subject to hydrolysis) is 1. The Morgan fingerprint density at radius 3 is 2.34 bits per heavy atom. The van der Waals surface area contributed by atoms with Crippen LogP contribution in [0.1, 0.15) is 48.0 Å². The number of anilines is 1. The minimum atomic E-state index is -1.02. The molecule has 0 aliphatic carbocycles. The number of aliphatic hydroxyl groups excluding tert-OH is 2. The predicted octanol–water partition coefficient (Wildman–Crippen LogP) is 4.25. The Kier molecular flexibility index (Phi) is 10.7. The van der Waals surface area contributed by atoms with E-state index in [4.69, 9.17) is 14.2 Å². The minimum absolute atomic E-state index is 0.0142. The molecule has 0 bridgehead atoms. The fourth-order valence-electron chi connectivity index (χ4n) is 5.28. The summed E-state index contributed by atoms with van der Waals surface area (Å²) in [4.78, 5) is 39.3. The van der Waals surface area contributed by atoms with Gasteiger partial charge >= 0.3 is 6.09 Å². The number of hydrogen-bond acceptors (Lipinski definition) is 9.